The second kappa shape index (κ2) is 10.1. The molecule has 1 fully saturated rings. The molecular formula is C20H30N6O2. The third kappa shape index (κ3) is 5.46. The van der Waals surface area contributed by atoms with Crippen LogP contribution in [-0.4, -0.2) is 67.6 Å². The van der Waals surface area contributed by atoms with Crippen molar-refractivity contribution in [2.75, 3.05) is 52.3 Å². The van der Waals surface area contributed by atoms with Crippen LogP contribution in [0.1, 0.15) is 17.2 Å². The van der Waals surface area contributed by atoms with Gasteiger partial charge in [-0.05, 0) is 17.7 Å². The maximum Gasteiger partial charge on any atom is 0.194 e. The lowest BCUT2D eigenvalue weighted by molar-refractivity contribution is -0.00805. The second-order valence-electron chi connectivity index (χ2n) is 6.77. The number of aryl methyl sites for hydroxylation is 1. The fourth-order valence-corrected chi connectivity index (χ4v) is 3.20. The summed E-state index contributed by atoms with van der Waals surface area (Å²) in [6.07, 6.45) is 3.89. The highest BCUT2D eigenvalue weighted by Gasteiger charge is 2.25. The molecule has 1 atom stereocenters. The van der Waals surface area contributed by atoms with Gasteiger partial charge in [-0.15, -0.1) is 0 Å². The molecule has 8 nitrogen and oxygen atoms in total. The van der Waals surface area contributed by atoms with E-state index in [2.05, 4.69) is 49.9 Å². The first-order chi connectivity index (χ1) is 13.7. The van der Waals surface area contributed by atoms with Crippen LogP contribution in [0.3, 0.4) is 0 Å². The Morgan fingerprint density at radius 3 is 2.86 bits per heavy atom. The van der Waals surface area contributed by atoms with Gasteiger partial charge in [0.2, 0.25) is 0 Å². The van der Waals surface area contributed by atoms with Crippen molar-refractivity contribution < 1.29 is 9.47 Å². The lowest BCUT2D eigenvalue weighted by Gasteiger charge is -2.34. The third-order valence-corrected chi connectivity index (χ3v) is 4.71. The molecule has 152 valence electrons. The van der Waals surface area contributed by atoms with Gasteiger partial charge in [0.25, 0.3) is 0 Å². The van der Waals surface area contributed by atoms with E-state index in [0.717, 1.165) is 43.4 Å². The van der Waals surface area contributed by atoms with Crippen molar-refractivity contribution in [3.05, 3.63) is 47.8 Å². The number of nitrogens with zero attached hydrogens (tertiary/aromatic N) is 4. The molecule has 1 aromatic carbocycles. The van der Waals surface area contributed by atoms with Crippen molar-refractivity contribution in [1.82, 2.24) is 20.0 Å². The number of aliphatic imine (C=N–C) groups is 1. The van der Waals surface area contributed by atoms with E-state index in [-0.39, 0.29) is 6.10 Å². The van der Waals surface area contributed by atoms with E-state index >= 15 is 0 Å². The fourth-order valence-electron chi connectivity index (χ4n) is 3.20. The van der Waals surface area contributed by atoms with Crippen LogP contribution in [0.25, 0.3) is 0 Å². The summed E-state index contributed by atoms with van der Waals surface area (Å²) in [6.45, 7) is 4.46. The monoisotopic (exact) mass is 386 g/mol. The highest BCUT2D eigenvalue weighted by Crippen LogP contribution is 2.21. The van der Waals surface area contributed by atoms with Gasteiger partial charge >= 0.3 is 0 Å². The van der Waals surface area contributed by atoms with E-state index < -0.39 is 0 Å². The summed E-state index contributed by atoms with van der Waals surface area (Å²) in [4.78, 5) is 6.69. The van der Waals surface area contributed by atoms with E-state index in [0.29, 0.717) is 13.2 Å². The summed E-state index contributed by atoms with van der Waals surface area (Å²) >= 11 is 0. The molecule has 1 aliphatic rings. The van der Waals surface area contributed by atoms with E-state index in [9.17, 15) is 0 Å². The second-order valence-corrected chi connectivity index (χ2v) is 6.77. The number of rotatable bonds is 7. The van der Waals surface area contributed by atoms with Crippen LogP contribution < -0.4 is 10.6 Å². The number of morpholine rings is 1. The molecular weight excluding hydrogens is 356 g/mol. The van der Waals surface area contributed by atoms with Crippen molar-refractivity contribution >= 4 is 11.6 Å². The van der Waals surface area contributed by atoms with Crippen molar-refractivity contribution in [3.8, 4) is 0 Å². The zero-order valence-corrected chi connectivity index (χ0v) is 16.9. The number of ether oxygens (including phenoxy) is 2. The number of hydrogen-bond acceptors (Lipinski definition) is 5. The predicted molar refractivity (Wildman–Crippen MR) is 110 cm³/mol. The Morgan fingerprint density at radius 1 is 1.36 bits per heavy atom. The Labute approximate surface area is 166 Å². The van der Waals surface area contributed by atoms with E-state index in [1.165, 1.54) is 5.56 Å². The van der Waals surface area contributed by atoms with Crippen LogP contribution >= 0.6 is 0 Å². The highest BCUT2D eigenvalue weighted by molar-refractivity contribution is 5.80. The van der Waals surface area contributed by atoms with E-state index in [1.54, 1.807) is 11.8 Å². The van der Waals surface area contributed by atoms with Gasteiger partial charge in [0.05, 0.1) is 26.0 Å². The van der Waals surface area contributed by atoms with Gasteiger partial charge in [-0.25, -0.2) is 0 Å². The molecule has 8 heteroatoms. The molecule has 1 aromatic heterocycles. The average molecular weight is 387 g/mol. The van der Waals surface area contributed by atoms with Gasteiger partial charge in [0.15, 0.2) is 5.96 Å². The average Bonchev–Trinajstić information content (AvgIpc) is 3.16. The minimum Gasteiger partial charge on any atom is -0.383 e. The van der Waals surface area contributed by atoms with Crippen molar-refractivity contribution in [2.45, 2.75) is 12.6 Å². The molecule has 0 spiro atoms. The number of guanidine groups is 1. The van der Waals surface area contributed by atoms with Gasteiger partial charge in [-0.2, -0.15) is 5.10 Å². The summed E-state index contributed by atoms with van der Waals surface area (Å²) in [6, 6.07) is 8.41. The Balaban J connectivity index is 1.52. The standard InChI is InChI=1S/C20H30N6O2/c1-21-20(23-12-16-4-6-18(7-5-16)22-8-10-27-3)26-9-11-28-19(15-26)17-13-24-25(2)14-17/h4-7,13-14,19,22H,8-12,15H2,1-3H3,(H,21,23). The molecule has 2 aromatic rings. The number of anilines is 1. The zero-order valence-electron chi connectivity index (χ0n) is 16.9. The summed E-state index contributed by atoms with van der Waals surface area (Å²) < 4.78 is 12.8. The largest absolute Gasteiger partial charge is 0.383 e. The molecule has 0 radical (unpaired) electrons. The maximum absolute atomic E-state index is 5.92. The summed E-state index contributed by atoms with van der Waals surface area (Å²) in [7, 11) is 5.44. The Kier molecular flexibility index (Phi) is 7.27. The number of nitrogens with one attached hydrogen (secondary N) is 2. The zero-order chi connectivity index (χ0) is 19.8. The Morgan fingerprint density at radius 2 is 2.18 bits per heavy atom. The Hall–Kier alpha value is -2.58. The molecule has 0 aliphatic carbocycles. The number of benzene rings is 1. The fraction of sp³-hybridized carbons (Fsp3) is 0.500. The lowest BCUT2D eigenvalue weighted by atomic mass is 10.1. The number of aromatic nitrogens is 2. The highest BCUT2D eigenvalue weighted by atomic mass is 16.5. The first-order valence-electron chi connectivity index (χ1n) is 9.57. The first kappa shape index (κ1) is 20.2. The number of methoxy groups -OCH3 is 1. The van der Waals surface area contributed by atoms with Gasteiger partial charge in [-0.3, -0.25) is 9.67 Å². The maximum atomic E-state index is 5.92. The molecule has 1 aliphatic heterocycles. The topological polar surface area (TPSA) is 75.9 Å². The SMILES string of the molecule is CN=C(NCc1ccc(NCCOC)cc1)N1CCOC(c2cnn(C)c2)C1. The molecule has 1 saturated heterocycles. The molecule has 0 bridgehead atoms. The number of hydrogen-bond donors (Lipinski definition) is 2. The van der Waals surface area contributed by atoms with Crippen molar-refractivity contribution in [3.63, 3.8) is 0 Å². The molecule has 2 N–H and O–H groups in total. The van der Waals surface area contributed by atoms with Gasteiger partial charge in [0.1, 0.15) is 6.10 Å². The smallest absolute Gasteiger partial charge is 0.194 e. The van der Waals surface area contributed by atoms with Crippen LogP contribution in [0, 0.1) is 0 Å². The lowest BCUT2D eigenvalue weighted by Crippen LogP contribution is -2.47. The first-order valence-corrected chi connectivity index (χ1v) is 9.57. The van der Waals surface area contributed by atoms with E-state index in [1.807, 2.05) is 26.5 Å². The van der Waals surface area contributed by atoms with Gasteiger partial charge in [-0.1, -0.05) is 12.1 Å². The van der Waals surface area contributed by atoms with Crippen LogP contribution in [0.5, 0.6) is 0 Å². The van der Waals surface area contributed by atoms with Gasteiger partial charge in [0, 0.05) is 58.3 Å². The van der Waals surface area contributed by atoms with Crippen LogP contribution in [0.2, 0.25) is 0 Å². The minimum atomic E-state index is 0.0125. The summed E-state index contributed by atoms with van der Waals surface area (Å²) in [5, 5.41) is 11.0. The van der Waals surface area contributed by atoms with Crippen molar-refractivity contribution in [2.24, 2.45) is 12.0 Å². The molecule has 0 amide bonds. The third-order valence-electron chi connectivity index (χ3n) is 4.71. The molecule has 0 saturated carbocycles. The molecule has 1 unspecified atom stereocenters. The summed E-state index contributed by atoms with van der Waals surface area (Å²) in [5.74, 6) is 0.888. The predicted octanol–water partition coefficient (Wildman–Crippen LogP) is 1.63. The molecule has 3 rings (SSSR count). The van der Waals surface area contributed by atoms with Crippen molar-refractivity contribution in [1.29, 1.82) is 0 Å². The minimum absolute atomic E-state index is 0.0125. The quantitative estimate of drug-likeness (QED) is 0.428. The summed E-state index contributed by atoms with van der Waals surface area (Å²) in [5.41, 5.74) is 3.40. The van der Waals surface area contributed by atoms with E-state index in [4.69, 9.17) is 9.47 Å². The van der Waals surface area contributed by atoms with Crippen LogP contribution in [0.4, 0.5) is 5.69 Å². The van der Waals surface area contributed by atoms with Crippen LogP contribution in [-0.2, 0) is 23.1 Å². The normalized spacial score (nSPS) is 17.6. The van der Waals surface area contributed by atoms with Gasteiger partial charge < -0.3 is 25.0 Å². The molecule has 28 heavy (non-hydrogen) atoms. The molecule has 2 heterocycles. The van der Waals surface area contributed by atoms with Crippen LogP contribution in [0.15, 0.2) is 41.7 Å². The Bertz CT molecular complexity index is 758.